The molecule has 0 radical (unpaired) electrons. The number of aryl methyl sites for hydroxylation is 2. The van der Waals surface area contributed by atoms with E-state index in [1.165, 1.54) is 25.6 Å². The maximum absolute atomic E-state index is 11.6. The fourth-order valence-corrected chi connectivity index (χ4v) is 5.97. The van der Waals surface area contributed by atoms with Crippen LogP contribution in [0.5, 0.6) is 0 Å². The number of esters is 2. The quantitative estimate of drug-likeness (QED) is 0.311. The molecular weight excluding hydrogens is 548 g/mol. The van der Waals surface area contributed by atoms with Gasteiger partial charge >= 0.3 is 11.9 Å². The third-order valence-electron chi connectivity index (χ3n) is 6.77. The number of aromatic nitrogens is 2. The molecular formula is C30H30N2O6S2. The van der Waals surface area contributed by atoms with E-state index in [-0.39, 0.29) is 17.7 Å². The van der Waals surface area contributed by atoms with Gasteiger partial charge in [0, 0.05) is 35.1 Å². The maximum atomic E-state index is 11.6. The van der Waals surface area contributed by atoms with Gasteiger partial charge in [-0.2, -0.15) is 0 Å². The Labute approximate surface area is 240 Å². The second kappa shape index (κ2) is 13.6. The number of Topliss-reactive ketones (excluding diaryl/α,β-unsaturated/α-hetero) is 1. The van der Waals surface area contributed by atoms with Crippen molar-refractivity contribution in [2.45, 2.75) is 44.1 Å². The van der Waals surface area contributed by atoms with Crippen LogP contribution in [0.3, 0.4) is 0 Å². The zero-order chi connectivity index (χ0) is 28.5. The molecule has 1 atom stereocenters. The standard InChI is InChI=1S/C15H15NO3S.C12H12O3.C3H3NS/c1-19-13(17)11-4-5-12-10(9-11)3-2-6-15(12,18)14-16-7-8-20-14;1-15-12(14)9-5-6-10-8(7-9)3-2-4-11(10)13;1-2-5-3-4-1/h4-5,7-9,18H,2-3,6H2,1H3;5-7H,2-4H2,1H3;1-3H. The third-order valence-corrected chi connectivity index (χ3v) is 8.21. The number of ketones is 1. The first-order valence-electron chi connectivity index (χ1n) is 12.8. The molecule has 8 nitrogen and oxygen atoms in total. The lowest BCUT2D eigenvalue weighted by Crippen LogP contribution is -2.32. The number of fused-ring (bicyclic) bond motifs is 2. The number of hydrogen-bond donors (Lipinski definition) is 1. The first-order chi connectivity index (χ1) is 19.4. The highest BCUT2D eigenvalue weighted by Gasteiger charge is 2.38. The van der Waals surface area contributed by atoms with Crippen LogP contribution < -0.4 is 0 Å². The molecule has 0 bridgehead atoms. The van der Waals surface area contributed by atoms with Crippen LogP contribution >= 0.6 is 22.7 Å². The minimum atomic E-state index is -1.03. The highest BCUT2D eigenvalue weighted by atomic mass is 32.1. The lowest BCUT2D eigenvalue weighted by Gasteiger charge is -2.33. The molecule has 0 amide bonds. The average Bonchev–Trinajstić information content (AvgIpc) is 3.75. The van der Waals surface area contributed by atoms with Crippen molar-refractivity contribution in [2.24, 2.45) is 0 Å². The summed E-state index contributed by atoms with van der Waals surface area (Å²) in [6.45, 7) is 0. The van der Waals surface area contributed by atoms with E-state index in [2.05, 4.69) is 14.7 Å². The molecule has 6 rings (SSSR count). The predicted octanol–water partition coefficient (Wildman–Crippen LogP) is 5.64. The Morgan fingerprint density at radius 3 is 2.20 bits per heavy atom. The molecule has 0 spiro atoms. The number of hydrogen-bond acceptors (Lipinski definition) is 10. The van der Waals surface area contributed by atoms with Crippen molar-refractivity contribution < 1.29 is 29.0 Å². The number of nitrogens with zero attached hydrogens (tertiary/aromatic N) is 2. The second-order valence-electron chi connectivity index (χ2n) is 9.23. The van der Waals surface area contributed by atoms with Crippen LogP contribution in [0.25, 0.3) is 0 Å². The van der Waals surface area contributed by atoms with E-state index in [9.17, 15) is 19.5 Å². The lowest BCUT2D eigenvalue weighted by atomic mass is 9.79. The Kier molecular flexibility index (Phi) is 9.92. The number of benzene rings is 2. The highest BCUT2D eigenvalue weighted by Crippen LogP contribution is 2.41. The number of methoxy groups -OCH3 is 2. The van der Waals surface area contributed by atoms with E-state index < -0.39 is 5.60 Å². The number of ether oxygens (including phenoxy) is 2. The van der Waals surface area contributed by atoms with Crippen LogP contribution in [0, 0.1) is 0 Å². The molecule has 0 fully saturated rings. The third kappa shape index (κ3) is 6.70. The van der Waals surface area contributed by atoms with Gasteiger partial charge < -0.3 is 14.6 Å². The SMILES string of the molecule is COC(=O)c1ccc2c(c1)CCCC2(O)c1nccs1.COC(=O)c1ccc2c(c1)CCCC2=O.c1cscn1. The first-order valence-corrected chi connectivity index (χ1v) is 14.6. The summed E-state index contributed by atoms with van der Waals surface area (Å²) in [7, 11) is 2.72. The molecule has 2 aliphatic rings. The van der Waals surface area contributed by atoms with Gasteiger partial charge in [-0.3, -0.25) is 9.78 Å². The van der Waals surface area contributed by atoms with E-state index >= 15 is 0 Å². The molecule has 0 aliphatic heterocycles. The number of rotatable bonds is 3. The van der Waals surface area contributed by atoms with Crippen LogP contribution in [-0.2, 0) is 27.9 Å². The van der Waals surface area contributed by atoms with E-state index in [0.717, 1.165) is 47.9 Å². The van der Waals surface area contributed by atoms with Crippen LogP contribution in [0.4, 0.5) is 0 Å². The number of thiazole rings is 2. The van der Waals surface area contributed by atoms with Crippen LogP contribution in [0.2, 0.25) is 0 Å². The lowest BCUT2D eigenvalue weighted by molar-refractivity contribution is 0.0582. The summed E-state index contributed by atoms with van der Waals surface area (Å²) in [6.07, 6.45) is 8.21. The predicted molar refractivity (Wildman–Crippen MR) is 153 cm³/mol. The van der Waals surface area contributed by atoms with Gasteiger partial charge in [0.15, 0.2) is 5.78 Å². The summed E-state index contributed by atoms with van der Waals surface area (Å²) in [5.41, 5.74) is 5.38. The zero-order valence-corrected chi connectivity index (χ0v) is 23.9. The van der Waals surface area contributed by atoms with Crippen LogP contribution in [-0.4, -0.2) is 47.0 Å². The number of aliphatic hydroxyl groups is 1. The zero-order valence-electron chi connectivity index (χ0n) is 22.3. The highest BCUT2D eigenvalue weighted by molar-refractivity contribution is 7.09. The molecule has 2 aliphatic carbocycles. The van der Waals surface area contributed by atoms with E-state index in [0.29, 0.717) is 29.0 Å². The van der Waals surface area contributed by atoms with Gasteiger partial charge in [-0.05, 0) is 73.1 Å². The Morgan fingerprint density at radius 1 is 0.900 bits per heavy atom. The van der Waals surface area contributed by atoms with Gasteiger partial charge in [0.2, 0.25) is 0 Å². The molecule has 0 saturated heterocycles. The van der Waals surface area contributed by atoms with Gasteiger partial charge in [-0.25, -0.2) is 14.6 Å². The van der Waals surface area contributed by atoms with E-state index in [1.54, 1.807) is 53.5 Å². The van der Waals surface area contributed by atoms with E-state index in [4.69, 9.17) is 4.74 Å². The van der Waals surface area contributed by atoms with Crippen molar-refractivity contribution >= 4 is 40.4 Å². The Hall–Kier alpha value is -3.73. The van der Waals surface area contributed by atoms with Crippen molar-refractivity contribution in [3.63, 3.8) is 0 Å². The first kappa shape index (κ1) is 29.3. The molecule has 10 heteroatoms. The summed E-state index contributed by atoms with van der Waals surface area (Å²) in [6, 6.07) is 10.5. The molecule has 2 heterocycles. The summed E-state index contributed by atoms with van der Waals surface area (Å²) in [5.74, 6) is -0.528. The minimum Gasteiger partial charge on any atom is -0.465 e. The topological polar surface area (TPSA) is 116 Å². The van der Waals surface area contributed by atoms with Gasteiger partial charge in [0.25, 0.3) is 0 Å². The summed E-state index contributed by atoms with van der Waals surface area (Å²) in [5, 5.41) is 15.5. The van der Waals surface area contributed by atoms with Gasteiger partial charge in [0.05, 0.1) is 30.9 Å². The average molecular weight is 579 g/mol. The van der Waals surface area contributed by atoms with Gasteiger partial charge in [-0.1, -0.05) is 12.1 Å². The van der Waals surface area contributed by atoms with Crippen LogP contribution in [0.1, 0.15) is 78.5 Å². The Balaban J connectivity index is 0.000000162. The monoisotopic (exact) mass is 578 g/mol. The Morgan fingerprint density at radius 2 is 1.60 bits per heavy atom. The summed E-state index contributed by atoms with van der Waals surface area (Å²) < 4.78 is 9.37. The van der Waals surface area contributed by atoms with Crippen molar-refractivity contribution in [1.29, 1.82) is 0 Å². The normalized spacial score (nSPS) is 17.1. The smallest absolute Gasteiger partial charge is 0.337 e. The number of carbonyl (C=O) groups is 3. The molecule has 2 aromatic carbocycles. The van der Waals surface area contributed by atoms with Crippen molar-refractivity contribution in [3.8, 4) is 0 Å². The summed E-state index contributed by atoms with van der Waals surface area (Å²) in [4.78, 5) is 42.4. The van der Waals surface area contributed by atoms with Crippen molar-refractivity contribution in [3.05, 3.63) is 103 Å². The fraction of sp³-hybridized carbons (Fsp3) is 0.300. The van der Waals surface area contributed by atoms with E-state index in [1.807, 2.05) is 22.9 Å². The van der Waals surface area contributed by atoms with Crippen molar-refractivity contribution in [1.82, 2.24) is 9.97 Å². The van der Waals surface area contributed by atoms with Gasteiger partial charge in [0.1, 0.15) is 10.6 Å². The summed E-state index contributed by atoms with van der Waals surface area (Å²) >= 11 is 3.06. The van der Waals surface area contributed by atoms with Crippen molar-refractivity contribution in [2.75, 3.05) is 14.2 Å². The minimum absolute atomic E-state index is 0.174. The molecule has 40 heavy (non-hydrogen) atoms. The second-order valence-corrected chi connectivity index (χ2v) is 10.9. The Bertz CT molecular complexity index is 1440. The number of carbonyl (C=O) groups excluding carboxylic acids is 3. The molecule has 1 unspecified atom stereocenters. The largest absolute Gasteiger partial charge is 0.465 e. The molecule has 4 aromatic rings. The van der Waals surface area contributed by atoms with Gasteiger partial charge in [-0.15, -0.1) is 22.7 Å². The molecule has 208 valence electrons. The molecule has 0 saturated carbocycles. The maximum Gasteiger partial charge on any atom is 0.337 e. The molecule has 1 N–H and O–H groups in total. The van der Waals surface area contributed by atoms with Crippen LogP contribution in [0.15, 0.2) is 65.1 Å². The molecule has 2 aromatic heterocycles. The fourth-order valence-electron chi connectivity index (χ4n) is 4.84.